The highest BCUT2D eigenvalue weighted by Crippen LogP contribution is 2.40. The third-order valence-corrected chi connectivity index (χ3v) is 6.60. The summed E-state index contributed by atoms with van der Waals surface area (Å²) in [5.41, 5.74) is 8.75. The van der Waals surface area contributed by atoms with E-state index in [2.05, 4.69) is 23.0 Å². The predicted molar refractivity (Wildman–Crippen MR) is 132 cm³/mol. The molecule has 3 N–H and O–H groups in total. The van der Waals surface area contributed by atoms with Crippen LogP contribution >= 0.6 is 0 Å². The molecule has 2 unspecified atom stereocenters. The minimum atomic E-state index is -0.245. The number of amides is 2. The van der Waals surface area contributed by atoms with E-state index in [-0.39, 0.29) is 23.8 Å². The molecule has 7 heteroatoms. The maximum atomic E-state index is 13.2. The minimum absolute atomic E-state index is 0.0263. The fourth-order valence-corrected chi connectivity index (χ4v) is 4.64. The number of nitrogens with one attached hydrogen (secondary N) is 3. The van der Waals surface area contributed by atoms with Crippen molar-refractivity contribution in [2.24, 2.45) is 5.92 Å². The second-order valence-electron chi connectivity index (χ2n) is 8.58. The van der Waals surface area contributed by atoms with Crippen LogP contribution < -0.4 is 25.8 Å². The van der Waals surface area contributed by atoms with Gasteiger partial charge in [-0.15, -0.1) is 0 Å². The van der Waals surface area contributed by atoms with E-state index in [4.69, 9.17) is 4.74 Å². The van der Waals surface area contributed by atoms with Crippen LogP contribution in [-0.2, 0) is 17.8 Å². The fourth-order valence-electron chi connectivity index (χ4n) is 4.64. The summed E-state index contributed by atoms with van der Waals surface area (Å²) in [7, 11) is 1.62. The van der Waals surface area contributed by atoms with Gasteiger partial charge in [0.05, 0.1) is 24.8 Å². The molecule has 7 nitrogen and oxygen atoms in total. The first-order chi connectivity index (χ1) is 16.6. The van der Waals surface area contributed by atoms with Gasteiger partial charge in [0.25, 0.3) is 5.91 Å². The van der Waals surface area contributed by atoms with Gasteiger partial charge in [-0.3, -0.25) is 9.59 Å². The van der Waals surface area contributed by atoms with Gasteiger partial charge in [0.1, 0.15) is 5.75 Å². The van der Waals surface area contributed by atoms with Crippen molar-refractivity contribution in [3.05, 3.63) is 89.0 Å². The van der Waals surface area contributed by atoms with Gasteiger partial charge in [-0.25, -0.2) is 10.4 Å². The molecular weight excluding hydrogens is 428 g/mol. The molecule has 3 aromatic rings. The molecule has 34 heavy (non-hydrogen) atoms. The number of hydrogen-bond donors (Lipinski definition) is 3. The lowest BCUT2D eigenvalue weighted by atomic mass is 9.88. The van der Waals surface area contributed by atoms with Gasteiger partial charge in [-0.05, 0) is 53.9 Å². The highest BCUT2D eigenvalue weighted by Gasteiger charge is 2.44. The Bertz CT molecular complexity index is 1220. The van der Waals surface area contributed by atoms with E-state index in [9.17, 15) is 9.59 Å². The van der Waals surface area contributed by atoms with Gasteiger partial charge >= 0.3 is 0 Å². The summed E-state index contributed by atoms with van der Waals surface area (Å²) in [6, 6.07) is 21.0. The first-order valence-electron chi connectivity index (χ1n) is 11.6. The van der Waals surface area contributed by atoms with Crippen LogP contribution in [0.15, 0.2) is 66.7 Å². The largest absolute Gasteiger partial charge is 0.496 e. The van der Waals surface area contributed by atoms with Gasteiger partial charge in [-0.1, -0.05) is 37.3 Å². The Labute approximate surface area is 199 Å². The number of rotatable bonds is 6. The summed E-state index contributed by atoms with van der Waals surface area (Å²) in [6.45, 7) is 3.02. The Kier molecular flexibility index (Phi) is 5.94. The summed E-state index contributed by atoms with van der Waals surface area (Å²) >= 11 is 0. The summed E-state index contributed by atoms with van der Waals surface area (Å²) in [5.74, 6) is 0.344. The zero-order valence-corrected chi connectivity index (χ0v) is 19.3. The number of anilines is 2. The number of hydrazine groups is 1. The topological polar surface area (TPSA) is 82.7 Å². The van der Waals surface area contributed by atoms with Crippen molar-refractivity contribution >= 4 is 23.2 Å². The van der Waals surface area contributed by atoms with Crippen LogP contribution in [0.5, 0.6) is 5.75 Å². The minimum Gasteiger partial charge on any atom is -0.496 e. The summed E-state index contributed by atoms with van der Waals surface area (Å²) in [5, 5.41) is 7.97. The van der Waals surface area contributed by atoms with Crippen molar-refractivity contribution in [2.75, 3.05) is 24.0 Å². The van der Waals surface area contributed by atoms with Crippen molar-refractivity contribution in [3.63, 3.8) is 0 Å². The van der Waals surface area contributed by atoms with Crippen molar-refractivity contribution in [1.82, 2.24) is 10.7 Å². The molecule has 0 radical (unpaired) electrons. The van der Waals surface area contributed by atoms with E-state index >= 15 is 0 Å². The average molecular weight is 457 g/mol. The number of hydrogen-bond acceptors (Lipinski definition) is 5. The quantitative estimate of drug-likeness (QED) is 0.525. The van der Waals surface area contributed by atoms with Crippen molar-refractivity contribution in [3.8, 4) is 5.75 Å². The van der Waals surface area contributed by atoms with E-state index in [1.165, 1.54) is 5.56 Å². The highest BCUT2D eigenvalue weighted by atomic mass is 16.5. The average Bonchev–Trinajstić information content (AvgIpc) is 3.23. The van der Waals surface area contributed by atoms with Crippen molar-refractivity contribution in [2.45, 2.75) is 25.9 Å². The Hall–Kier alpha value is -3.84. The molecule has 1 fully saturated rings. The second-order valence-corrected chi connectivity index (χ2v) is 8.58. The second kappa shape index (κ2) is 9.19. The third kappa shape index (κ3) is 3.99. The van der Waals surface area contributed by atoms with Gasteiger partial charge in [0, 0.05) is 29.9 Å². The molecule has 2 heterocycles. The number of aryl methyl sites for hydroxylation is 1. The Balaban J connectivity index is 1.35. The zero-order chi connectivity index (χ0) is 23.7. The number of carbonyl (C=O) groups excluding carboxylic acids is 2. The van der Waals surface area contributed by atoms with Crippen molar-refractivity contribution < 1.29 is 14.3 Å². The van der Waals surface area contributed by atoms with E-state index in [1.54, 1.807) is 12.1 Å². The monoisotopic (exact) mass is 456 g/mol. The number of para-hydroxylation sites is 1. The van der Waals surface area contributed by atoms with Gasteiger partial charge in [-0.2, -0.15) is 0 Å². The van der Waals surface area contributed by atoms with E-state index < -0.39 is 0 Å². The van der Waals surface area contributed by atoms with Gasteiger partial charge < -0.3 is 15.4 Å². The number of benzene rings is 3. The lowest BCUT2D eigenvalue weighted by Crippen LogP contribution is -2.35. The van der Waals surface area contributed by atoms with E-state index in [1.807, 2.05) is 66.7 Å². The lowest BCUT2D eigenvalue weighted by molar-refractivity contribution is -0.120. The van der Waals surface area contributed by atoms with Crippen LogP contribution in [0.4, 0.5) is 11.4 Å². The molecule has 0 aliphatic carbocycles. The molecule has 1 saturated heterocycles. The van der Waals surface area contributed by atoms with Gasteiger partial charge in [0.2, 0.25) is 5.91 Å². The van der Waals surface area contributed by atoms with Crippen LogP contribution in [0.1, 0.15) is 40.0 Å². The number of carbonyl (C=O) groups is 2. The molecular formula is C27H28N4O3. The lowest BCUT2D eigenvalue weighted by Gasteiger charge is -2.27. The van der Waals surface area contributed by atoms with Crippen LogP contribution in [0.2, 0.25) is 0 Å². The summed E-state index contributed by atoms with van der Waals surface area (Å²) < 4.78 is 5.37. The normalized spacial score (nSPS) is 18.6. The maximum Gasteiger partial charge on any atom is 0.251 e. The predicted octanol–water partition coefficient (Wildman–Crippen LogP) is 3.82. The number of ether oxygens (including phenoxy) is 1. The zero-order valence-electron chi connectivity index (χ0n) is 19.3. The number of fused-ring (bicyclic) bond motifs is 3. The molecule has 0 saturated carbocycles. The Morgan fingerprint density at radius 1 is 1.12 bits per heavy atom. The first-order valence-corrected chi connectivity index (χ1v) is 11.6. The maximum absolute atomic E-state index is 13.2. The van der Waals surface area contributed by atoms with Crippen LogP contribution in [0.3, 0.4) is 0 Å². The SMILES string of the molecule is CCc1ccc(N2NC3c4cc(C(=O)NCc5ccccc5OC)ccc4NCC3C2=O)cc1. The van der Waals surface area contributed by atoms with Crippen LogP contribution in [0, 0.1) is 5.92 Å². The molecule has 0 bridgehead atoms. The molecule has 2 amide bonds. The third-order valence-electron chi connectivity index (χ3n) is 6.60. The molecule has 174 valence electrons. The van der Waals surface area contributed by atoms with E-state index in [0.717, 1.165) is 34.7 Å². The molecule has 2 atom stereocenters. The van der Waals surface area contributed by atoms with Crippen LogP contribution in [-0.4, -0.2) is 25.5 Å². The smallest absolute Gasteiger partial charge is 0.251 e. The molecule has 0 aromatic heterocycles. The standard InChI is InChI=1S/C27H28N4O3/c1-3-17-8-11-20(12-9-17)31-27(33)22-16-28-23-13-10-18(14-21(23)25(22)30-31)26(32)29-15-19-6-4-5-7-24(19)34-2/h4-14,22,25,28,30H,3,15-16H2,1-2H3,(H,29,32). The van der Waals surface area contributed by atoms with Gasteiger partial charge in [0.15, 0.2) is 0 Å². The number of methoxy groups -OCH3 is 1. The molecule has 0 spiro atoms. The summed E-state index contributed by atoms with van der Waals surface area (Å²) in [6.07, 6.45) is 0.950. The molecule has 5 rings (SSSR count). The van der Waals surface area contributed by atoms with Crippen molar-refractivity contribution in [1.29, 1.82) is 0 Å². The van der Waals surface area contributed by atoms with Crippen LogP contribution in [0.25, 0.3) is 0 Å². The molecule has 3 aromatic carbocycles. The Morgan fingerprint density at radius 2 is 1.91 bits per heavy atom. The van der Waals surface area contributed by atoms with E-state index in [0.29, 0.717) is 18.7 Å². The Morgan fingerprint density at radius 3 is 2.68 bits per heavy atom. The molecule has 2 aliphatic rings. The number of nitrogens with zero attached hydrogens (tertiary/aromatic N) is 1. The molecule has 2 aliphatic heterocycles. The fraction of sp³-hybridized carbons (Fsp3) is 0.259. The highest BCUT2D eigenvalue weighted by molar-refractivity contribution is 5.99. The summed E-state index contributed by atoms with van der Waals surface area (Å²) in [4.78, 5) is 26.1. The first kappa shape index (κ1) is 22.0.